The summed E-state index contributed by atoms with van der Waals surface area (Å²) in [4.78, 5) is 12.0. The Labute approximate surface area is 158 Å². The van der Waals surface area contributed by atoms with E-state index in [1.165, 1.54) is 6.07 Å². The first-order valence-electron chi connectivity index (χ1n) is 8.23. The lowest BCUT2D eigenvalue weighted by molar-refractivity contribution is -0.118. The third-order valence-corrected chi connectivity index (χ3v) is 5.31. The van der Waals surface area contributed by atoms with Crippen LogP contribution in [0.4, 0.5) is 10.1 Å². The second-order valence-electron chi connectivity index (χ2n) is 7.16. The van der Waals surface area contributed by atoms with Gasteiger partial charge in [0, 0.05) is 30.0 Å². The molecule has 1 heterocycles. The van der Waals surface area contributed by atoms with Crippen LogP contribution in [0.25, 0.3) is 0 Å². The van der Waals surface area contributed by atoms with E-state index in [-0.39, 0.29) is 5.69 Å². The van der Waals surface area contributed by atoms with Gasteiger partial charge in [-0.3, -0.25) is 9.48 Å². The summed E-state index contributed by atoms with van der Waals surface area (Å²) in [5.74, 6) is -1.33. The molecule has 3 N–H and O–H groups in total. The van der Waals surface area contributed by atoms with E-state index in [2.05, 4.69) is 20.5 Å². The van der Waals surface area contributed by atoms with Crippen LogP contribution in [0.2, 0.25) is 0 Å². The summed E-state index contributed by atoms with van der Waals surface area (Å²) in [5, 5.41) is 9.50. The molecule has 1 aromatic carbocycles. The summed E-state index contributed by atoms with van der Waals surface area (Å²) in [6, 6.07) is 2.71. The number of rotatable bonds is 6. The van der Waals surface area contributed by atoms with Crippen molar-refractivity contribution in [2.75, 3.05) is 12.4 Å². The molecular weight excluding hydrogens is 373 g/mol. The van der Waals surface area contributed by atoms with Crippen LogP contribution in [-0.4, -0.2) is 36.7 Å². The largest absolute Gasteiger partial charge is 0.324 e. The van der Waals surface area contributed by atoms with Crippen molar-refractivity contribution in [1.82, 2.24) is 19.8 Å². The highest BCUT2D eigenvalue weighted by Crippen LogP contribution is 2.22. The molecule has 0 spiro atoms. The average Bonchev–Trinajstić information content (AvgIpc) is 2.93. The second kappa shape index (κ2) is 7.75. The molecule has 148 valence electrons. The number of sulfonamides is 1. The van der Waals surface area contributed by atoms with Crippen molar-refractivity contribution in [2.45, 2.75) is 37.2 Å². The summed E-state index contributed by atoms with van der Waals surface area (Å²) in [6.07, 6.45) is 3.24. The van der Waals surface area contributed by atoms with Crippen molar-refractivity contribution in [3.05, 3.63) is 42.0 Å². The lowest BCUT2D eigenvalue weighted by Crippen LogP contribution is -2.40. The zero-order valence-electron chi connectivity index (χ0n) is 15.9. The topological polar surface area (TPSA) is 105 Å². The van der Waals surface area contributed by atoms with Gasteiger partial charge in [0.1, 0.15) is 16.8 Å². The van der Waals surface area contributed by atoms with Gasteiger partial charge in [0.15, 0.2) is 0 Å². The molecule has 0 aliphatic carbocycles. The number of aryl methyl sites for hydroxylation is 1. The molecule has 27 heavy (non-hydrogen) atoms. The number of carbonyl (C=O) groups is 1. The highest BCUT2D eigenvalue weighted by molar-refractivity contribution is 7.89. The average molecular weight is 397 g/mol. The van der Waals surface area contributed by atoms with E-state index < -0.39 is 38.2 Å². The molecule has 0 radical (unpaired) electrons. The maximum atomic E-state index is 14.1. The Balaban J connectivity index is 2.28. The van der Waals surface area contributed by atoms with E-state index >= 15 is 0 Å². The predicted octanol–water partition coefficient (Wildman–Crippen LogP) is 1.54. The van der Waals surface area contributed by atoms with Crippen LogP contribution in [0.15, 0.2) is 35.5 Å². The quantitative estimate of drug-likeness (QED) is 0.686. The summed E-state index contributed by atoms with van der Waals surface area (Å²) in [7, 11) is -0.741. The Bertz CT molecular complexity index is 934. The molecule has 0 aliphatic rings. The fraction of sp³-hybridized carbons (Fsp3) is 0.412. The van der Waals surface area contributed by atoms with Crippen LogP contribution >= 0.6 is 0 Å². The maximum Gasteiger partial charge on any atom is 0.246 e. The molecule has 1 amide bonds. The molecule has 10 heteroatoms. The number of hydrogen-bond donors (Lipinski definition) is 3. The van der Waals surface area contributed by atoms with Gasteiger partial charge in [-0.15, -0.1) is 0 Å². The molecular formula is C17H24FN5O3S. The minimum atomic E-state index is -4.09. The molecule has 0 saturated heterocycles. The number of halogens is 1. The standard InChI is InChI=1S/C17H24FN5O3S/c1-17(2,3)22-27(25,26)14-8-12(6-7-13(14)18)21-16(24)15(19-4)11-9-20-23(5)10-11/h6-10,15,19,22H,1-5H3,(H,21,24). The molecule has 8 nitrogen and oxygen atoms in total. The van der Waals surface area contributed by atoms with E-state index in [1.807, 2.05) is 0 Å². The molecule has 1 aromatic heterocycles. The summed E-state index contributed by atoms with van der Waals surface area (Å²) >= 11 is 0. The first-order valence-corrected chi connectivity index (χ1v) is 9.71. The van der Waals surface area contributed by atoms with Crippen molar-refractivity contribution >= 4 is 21.6 Å². The Hall–Kier alpha value is -2.30. The second-order valence-corrected chi connectivity index (χ2v) is 8.81. The molecule has 2 rings (SSSR count). The van der Waals surface area contributed by atoms with Gasteiger partial charge in [0.2, 0.25) is 15.9 Å². The Kier molecular flexibility index (Phi) is 6.03. The van der Waals surface area contributed by atoms with Crippen molar-refractivity contribution < 1.29 is 17.6 Å². The zero-order chi connectivity index (χ0) is 20.4. The lowest BCUT2D eigenvalue weighted by Gasteiger charge is -2.21. The van der Waals surface area contributed by atoms with Gasteiger partial charge in [-0.05, 0) is 46.0 Å². The van der Waals surface area contributed by atoms with Gasteiger partial charge < -0.3 is 10.6 Å². The molecule has 0 bridgehead atoms. The number of nitrogens with zero attached hydrogens (tertiary/aromatic N) is 2. The molecule has 2 aromatic rings. The third-order valence-electron chi connectivity index (χ3n) is 3.54. The Morgan fingerprint density at radius 1 is 1.30 bits per heavy atom. The van der Waals surface area contributed by atoms with Crippen molar-refractivity contribution in [2.24, 2.45) is 7.05 Å². The lowest BCUT2D eigenvalue weighted by atomic mass is 10.1. The Morgan fingerprint density at radius 3 is 2.48 bits per heavy atom. The molecule has 0 saturated carbocycles. The van der Waals surface area contributed by atoms with Gasteiger partial charge in [-0.25, -0.2) is 17.5 Å². The predicted molar refractivity (Wildman–Crippen MR) is 100 cm³/mol. The van der Waals surface area contributed by atoms with Crippen molar-refractivity contribution in [3.8, 4) is 0 Å². The molecule has 0 aliphatic heterocycles. The van der Waals surface area contributed by atoms with Crippen molar-refractivity contribution in [1.29, 1.82) is 0 Å². The van der Waals surface area contributed by atoms with Crippen LogP contribution < -0.4 is 15.4 Å². The van der Waals surface area contributed by atoms with E-state index in [9.17, 15) is 17.6 Å². The van der Waals surface area contributed by atoms with Crippen LogP contribution in [0.5, 0.6) is 0 Å². The number of anilines is 1. The summed E-state index contributed by atoms with van der Waals surface area (Å²) in [5.41, 5.74) is 0.0314. The SMILES string of the molecule is CNC(C(=O)Nc1ccc(F)c(S(=O)(=O)NC(C)(C)C)c1)c1cnn(C)c1. The van der Waals surface area contributed by atoms with E-state index in [1.54, 1.807) is 51.9 Å². The fourth-order valence-corrected chi connectivity index (χ4v) is 4.02. The summed E-state index contributed by atoms with van der Waals surface area (Å²) < 4.78 is 42.9. The maximum absolute atomic E-state index is 14.1. The fourth-order valence-electron chi connectivity index (χ4n) is 2.50. The number of likely N-dealkylation sites (N-methyl/N-ethyl adjacent to an activating group) is 1. The number of amides is 1. The number of nitrogens with one attached hydrogen (secondary N) is 3. The van der Waals surface area contributed by atoms with Crippen LogP contribution in [0, 0.1) is 5.82 Å². The van der Waals surface area contributed by atoms with Gasteiger partial charge in [-0.2, -0.15) is 5.10 Å². The van der Waals surface area contributed by atoms with Crippen molar-refractivity contribution in [3.63, 3.8) is 0 Å². The number of aromatic nitrogens is 2. The van der Waals surface area contributed by atoms with Gasteiger partial charge >= 0.3 is 0 Å². The minimum Gasteiger partial charge on any atom is -0.324 e. The number of benzene rings is 1. The zero-order valence-corrected chi connectivity index (χ0v) is 16.7. The van der Waals surface area contributed by atoms with Crippen LogP contribution in [-0.2, 0) is 21.9 Å². The molecule has 0 fully saturated rings. The summed E-state index contributed by atoms with van der Waals surface area (Å²) in [6.45, 7) is 4.96. The van der Waals surface area contributed by atoms with Gasteiger partial charge in [0.25, 0.3) is 0 Å². The number of hydrogen-bond acceptors (Lipinski definition) is 5. The molecule has 1 unspecified atom stereocenters. The first-order chi connectivity index (χ1) is 12.4. The smallest absolute Gasteiger partial charge is 0.246 e. The van der Waals surface area contributed by atoms with Crippen LogP contribution in [0.3, 0.4) is 0 Å². The normalized spacial score (nSPS) is 13.4. The van der Waals surface area contributed by atoms with Gasteiger partial charge in [-0.1, -0.05) is 0 Å². The van der Waals surface area contributed by atoms with E-state index in [0.717, 1.165) is 12.1 Å². The molecule has 1 atom stereocenters. The monoisotopic (exact) mass is 397 g/mol. The highest BCUT2D eigenvalue weighted by atomic mass is 32.2. The minimum absolute atomic E-state index is 0.167. The first kappa shape index (κ1) is 21.0. The Morgan fingerprint density at radius 2 is 1.96 bits per heavy atom. The van der Waals surface area contributed by atoms with Gasteiger partial charge in [0.05, 0.1) is 6.20 Å². The highest BCUT2D eigenvalue weighted by Gasteiger charge is 2.26. The van der Waals surface area contributed by atoms with Crippen LogP contribution in [0.1, 0.15) is 32.4 Å². The number of carbonyl (C=O) groups excluding carboxylic acids is 1. The van der Waals surface area contributed by atoms with E-state index in [4.69, 9.17) is 0 Å². The van der Waals surface area contributed by atoms with E-state index in [0.29, 0.717) is 5.56 Å². The third kappa shape index (κ3) is 5.34.